The molecule has 0 amide bonds. The summed E-state index contributed by atoms with van der Waals surface area (Å²) in [6, 6.07) is 0.516. The minimum atomic E-state index is -1.28. The predicted octanol–water partition coefficient (Wildman–Crippen LogP) is 2.79. The summed E-state index contributed by atoms with van der Waals surface area (Å²) < 4.78 is 39.3. The van der Waals surface area contributed by atoms with Crippen molar-refractivity contribution in [3.8, 4) is 0 Å². The molecular weight excluding hydrogens is 255 g/mol. The fourth-order valence-corrected chi connectivity index (χ4v) is 2.63. The highest BCUT2D eigenvalue weighted by atomic mass is 19.2. The van der Waals surface area contributed by atoms with E-state index in [1.807, 2.05) is 14.1 Å². The Balaban J connectivity index is 2.11. The van der Waals surface area contributed by atoms with E-state index in [0.717, 1.165) is 25.7 Å². The van der Waals surface area contributed by atoms with Crippen LogP contribution in [0.25, 0.3) is 0 Å². The van der Waals surface area contributed by atoms with Crippen LogP contribution in [0.1, 0.15) is 25.7 Å². The molecule has 106 valence electrons. The molecule has 6 heteroatoms. The molecule has 1 aliphatic rings. The van der Waals surface area contributed by atoms with E-state index in [4.69, 9.17) is 0 Å². The first-order chi connectivity index (χ1) is 8.94. The van der Waals surface area contributed by atoms with Gasteiger partial charge in [-0.25, -0.2) is 8.78 Å². The number of hydrogen-bond donors (Lipinski definition) is 1. The van der Waals surface area contributed by atoms with E-state index in [0.29, 0.717) is 12.6 Å². The standard InChI is InChI=1S/C13H18F3N3/c1-19(2)13(5-3-4-6-13)8-17-12-10(15)7-9(14)11(16)18-12/h7H,3-6,8H2,1-2H3,(H,17,18). The highest BCUT2D eigenvalue weighted by Crippen LogP contribution is 2.34. The Hall–Kier alpha value is -1.30. The van der Waals surface area contributed by atoms with Crippen molar-refractivity contribution < 1.29 is 13.2 Å². The van der Waals surface area contributed by atoms with E-state index in [1.54, 1.807) is 0 Å². The maximum absolute atomic E-state index is 13.5. The van der Waals surface area contributed by atoms with E-state index >= 15 is 0 Å². The largest absolute Gasteiger partial charge is 0.366 e. The summed E-state index contributed by atoms with van der Waals surface area (Å²) in [5, 5.41) is 2.81. The van der Waals surface area contributed by atoms with Gasteiger partial charge >= 0.3 is 0 Å². The van der Waals surface area contributed by atoms with Gasteiger partial charge in [0.25, 0.3) is 5.95 Å². The van der Waals surface area contributed by atoms with E-state index in [-0.39, 0.29) is 11.4 Å². The number of halogens is 3. The summed E-state index contributed by atoms with van der Waals surface area (Å²) in [6.45, 7) is 0.467. The summed E-state index contributed by atoms with van der Waals surface area (Å²) in [5.41, 5.74) is -0.0705. The fourth-order valence-electron chi connectivity index (χ4n) is 2.63. The fraction of sp³-hybridized carbons (Fsp3) is 0.615. The average Bonchev–Trinajstić information content (AvgIpc) is 2.82. The smallest absolute Gasteiger partial charge is 0.251 e. The van der Waals surface area contributed by atoms with Crippen molar-refractivity contribution in [2.75, 3.05) is 26.0 Å². The van der Waals surface area contributed by atoms with Crippen LogP contribution in [0.5, 0.6) is 0 Å². The van der Waals surface area contributed by atoms with Crippen molar-refractivity contribution in [3.05, 3.63) is 23.6 Å². The molecule has 0 atom stereocenters. The molecule has 0 bridgehead atoms. The Labute approximate surface area is 110 Å². The Morgan fingerprint density at radius 1 is 1.21 bits per heavy atom. The zero-order valence-corrected chi connectivity index (χ0v) is 11.1. The highest BCUT2D eigenvalue weighted by Gasteiger charge is 2.36. The second-order valence-corrected chi connectivity index (χ2v) is 5.27. The first-order valence-corrected chi connectivity index (χ1v) is 6.37. The maximum atomic E-state index is 13.5. The molecule has 3 nitrogen and oxygen atoms in total. The van der Waals surface area contributed by atoms with Crippen LogP contribution in [0.2, 0.25) is 0 Å². The van der Waals surface area contributed by atoms with Crippen molar-refractivity contribution in [3.63, 3.8) is 0 Å². The van der Waals surface area contributed by atoms with Crippen molar-refractivity contribution in [2.24, 2.45) is 0 Å². The van der Waals surface area contributed by atoms with Crippen LogP contribution in [0.15, 0.2) is 6.07 Å². The molecule has 0 saturated heterocycles. The lowest BCUT2D eigenvalue weighted by atomic mass is 9.96. The predicted molar refractivity (Wildman–Crippen MR) is 67.5 cm³/mol. The lowest BCUT2D eigenvalue weighted by molar-refractivity contribution is 0.172. The molecule has 0 radical (unpaired) electrons. The summed E-state index contributed by atoms with van der Waals surface area (Å²) in [5.74, 6) is -3.65. The van der Waals surface area contributed by atoms with Crippen LogP contribution < -0.4 is 5.32 Å². The Morgan fingerprint density at radius 3 is 2.42 bits per heavy atom. The zero-order valence-electron chi connectivity index (χ0n) is 11.1. The molecule has 19 heavy (non-hydrogen) atoms. The monoisotopic (exact) mass is 273 g/mol. The molecule has 1 aromatic heterocycles. The molecule has 2 rings (SSSR count). The number of pyridine rings is 1. The summed E-state index contributed by atoms with van der Waals surface area (Å²) in [6.07, 6.45) is 4.23. The molecule has 1 heterocycles. The van der Waals surface area contributed by atoms with E-state index in [2.05, 4.69) is 15.2 Å². The third kappa shape index (κ3) is 2.83. The molecule has 0 unspecified atom stereocenters. The summed E-state index contributed by atoms with van der Waals surface area (Å²) in [7, 11) is 3.95. The Kier molecular flexibility index (Phi) is 3.99. The van der Waals surface area contributed by atoms with Crippen LogP contribution in [0.4, 0.5) is 19.0 Å². The molecule has 1 saturated carbocycles. The average molecular weight is 273 g/mol. The third-order valence-corrected chi connectivity index (χ3v) is 3.95. The van der Waals surface area contributed by atoms with Gasteiger partial charge in [0.15, 0.2) is 17.5 Å². The van der Waals surface area contributed by atoms with Crippen molar-refractivity contribution >= 4 is 5.82 Å². The van der Waals surface area contributed by atoms with Crippen LogP contribution in [-0.4, -0.2) is 36.1 Å². The van der Waals surface area contributed by atoms with Gasteiger partial charge < -0.3 is 10.2 Å². The van der Waals surface area contributed by atoms with Gasteiger partial charge in [-0.3, -0.25) is 0 Å². The Morgan fingerprint density at radius 2 is 1.84 bits per heavy atom. The number of likely N-dealkylation sites (N-methyl/N-ethyl adjacent to an activating group) is 1. The van der Waals surface area contributed by atoms with Crippen molar-refractivity contribution in [1.29, 1.82) is 0 Å². The third-order valence-electron chi connectivity index (χ3n) is 3.95. The van der Waals surface area contributed by atoms with Crippen LogP contribution >= 0.6 is 0 Å². The molecule has 1 fully saturated rings. The topological polar surface area (TPSA) is 28.2 Å². The molecule has 1 aromatic rings. The molecule has 0 spiro atoms. The number of anilines is 1. The lowest BCUT2D eigenvalue weighted by Gasteiger charge is -2.36. The van der Waals surface area contributed by atoms with E-state index in [1.165, 1.54) is 0 Å². The quantitative estimate of drug-likeness (QED) is 0.855. The first-order valence-electron chi connectivity index (χ1n) is 6.37. The van der Waals surface area contributed by atoms with E-state index < -0.39 is 17.6 Å². The summed E-state index contributed by atoms with van der Waals surface area (Å²) >= 11 is 0. The highest BCUT2D eigenvalue weighted by molar-refractivity contribution is 5.37. The van der Waals surface area contributed by atoms with E-state index in [9.17, 15) is 13.2 Å². The van der Waals surface area contributed by atoms with Crippen molar-refractivity contribution in [1.82, 2.24) is 9.88 Å². The number of hydrogen-bond acceptors (Lipinski definition) is 3. The van der Waals surface area contributed by atoms with Gasteiger partial charge in [-0.1, -0.05) is 12.8 Å². The number of aromatic nitrogens is 1. The van der Waals surface area contributed by atoms with Crippen LogP contribution in [-0.2, 0) is 0 Å². The number of rotatable bonds is 4. The van der Waals surface area contributed by atoms with Crippen LogP contribution in [0, 0.1) is 17.6 Å². The molecular formula is C13H18F3N3. The molecule has 0 aliphatic heterocycles. The van der Waals surface area contributed by atoms with Crippen LogP contribution in [0.3, 0.4) is 0 Å². The normalized spacial score (nSPS) is 18.0. The molecule has 0 aromatic carbocycles. The number of nitrogens with one attached hydrogen (secondary N) is 1. The van der Waals surface area contributed by atoms with Gasteiger partial charge in [0.05, 0.1) is 0 Å². The second-order valence-electron chi connectivity index (χ2n) is 5.27. The van der Waals surface area contributed by atoms with Gasteiger partial charge in [0, 0.05) is 18.2 Å². The van der Waals surface area contributed by atoms with Gasteiger partial charge in [-0.2, -0.15) is 9.37 Å². The first kappa shape index (κ1) is 14.1. The second kappa shape index (κ2) is 5.36. The lowest BCUT2D eigenvalue weighted by Crippen LogP contribution is -2.47. The number of nitrogens with zero attached hydrogens (tertiary/aromatic N) is 2. The van der Waals surface area contributed by atoms with Gasteiger partial charge in [0.1, 0.15) is 0 Å². The SMILES string of the molecule is CN(C)C1(CNc2nc(F)c(F)cc2F)CCCC1. The van der Waals surface area contributed by atoms with Gasteiger partial charge in [0.2, 0.25) is 0 Å². The summed E-state index contributed by atoms with van der Waals surface area (Å²) in [4.78, 5) is 5.38. The minimum Gasteiger partial charge on any atom is -0.366 e. The molecule has 1 N–H and O–H groups in total. The molecule has 1 aliphatic carbocycles. The zero-order chi connectivity index (χ0) is 14.0. The van der Waals surface area contributed by atoms with Gasteiger partial charge in [-0.15, -0.1) is 0 Å². The van der Waals surface area contributed by atoms with Crippen molar-refractivity contribution in [2.45, 2.75) is 31.2 Å². The minimum absolute atomic E-state index is 0.0705. The Bertz CT molecular complexity index is 457. The van der Waals surface area contributed by atoms with Gasteiger partial charge in [-0.05, 0) is 26.9 Å². The maximum Gasteiger partial charge on any atom is 0.251 e.